The van der Waals surface area contributed by atoms with E-state index < -0.39 is 9.84 Å². The Labute approximate surface area is 108 Å². The van der Waals surface area contributed by atoms with Crippen molar-refractivity contribution in [3.8, 4) is 0 Å². The summed E-state index contributed by atoms with van der Waals surface area (Å²) in [5.74, 6) is 0.989. The van der Waals surface area contributed by atoms with Gasteiger partial charge in [0, 0.05) is 6.20 Å². The number of aryl methyl sites for hydroxylation is 1. The van der Waals surface area contributed by atoms with Crippen LogP contribution in [0.15, 0.2) is 18.3 Å². The van der Waals surface area contributed by atoms with Gasteiger partial charge in [-0.1, -0.05) is 6.07 Å². The van der Waals surface area contributed by atoms with E-state index in [1.54, 1.807) is 0 Å². The average Bonchev–Trinajstić information content (AvgIpc) is 2.90. The number of nitrogens with one attached hydrogen (secondary N) is 1. The lowest BCUT2D eigenvalue weighted by Gasteiger charge is -2.15. The van der Waals surface area contributed by atoms with Crippen LogP contribution in [0.1, 0.15) is 30.1 Å². The van der Waals surface area contributed by atoms with Crippen molar-refractivity contribution in [3.63, 3.8) is 0 Å². The molecule has 98 valence electrons. The van der Waals surface area contributed by atoms with Crippen LogP contribution in [-0.4, -0.2) is 31.5 Å². The Hall–Kier alpha value is -0.940. The minimum atomic E-state index is -2.76. The number of hydrogen-bond donors (Lipinski definition) is 1. The van der Waals surface area contributed by atoms with Crippen molar-refractivity contribution in [1.29, 1.82) is 0 Å². The van der Waals surface area contributed by atoms with Gasteiger partial charge in [0.1, 0.15) is 0 Å². The van der Waals surface area contributed by atoms with E-state index in [9.17, 15) is 8.42 Å². The summed E-state index contributed by atoms with van der Waals surface area (Å²) in [6.45, 7) is 0.792. The van der Waals surface area contributed by atoms with Crippen LogP contribution in [0, 0.1) is 5.92 Å². The van der Waals surface area contributed by atoms with Gasteiger partial charge in [-0.15, -0.1) is 0 Å². The highest BCUT2D eigenvalue weighted by atomic mass is 32.2. The summed E-state index contributed by atoms with van der Waals surface area (Å²) in [6, 6.07) is 4.42. The highest BCUT2D eigenvalue weighted by Crippen LogP contribution is 2.29. The van der Waals surface area contributed by atoms with Crippen LogP contribution in [0.4, 0.5) is 0 Å². The molecule has 1 fully saturated rings. The van der Waals surface area contributed by atoms with Gasteiger partial charge < -0.3 is 5.32 Å². The van der Waals surface area contributed by atoms with Gasteiger partial charge in [-0.25, -0.2) is 8.42 Å². The minimum absolute atomic E-state index is 0.280. The number of rotatable bonds is 3. The molecule has 1 aromatic rings. The van der Waals surface area contributed by atoms with Gasteiger partial charge >= 0.3 is 0 Å². The zero-order chi connectivity index (χ0) is 12.6. The fourth-order valence-corrected chi connectivity index (χ4v) is 4.82. The average molecular weight is 266 g/mol. The molecular formula is C13H18N2O2S. The Morgan fingerprint density at radius 2 is 2.28 bits per heavy atom. The molecule has 0 aromatic carbocycles. The molecule has 0 saturated carbocycles. The highest BCUT2D eigenvalue weighted by Gasteiger charge is 2.29. The van der Waals surface area contributed by atoms with Crippen LogP contribution in [0.25, 0.3) is 0 Å². The minimum Gasteiger partial charge on any atom is -0.308 e. The van der Waals surface area contributed by atoms with Crippen LogP contribution in [0.2, 0.25) is 0 Å². The Balaban J connectivity index is 1.59. The van der Waals surface area contributed by atoms with E-state index in [0.717, 1.165) is 31.5 Å². The fraction of sp³-hybridized carbons (Fsp3) is 0.615. The molecule has 1 saturated heterocycles. The Bertz CT molecular complexity index is 542. The lowest BCUT2D eigenvalue weighted by molar-refractivity contribution is 0.451. The van der Waals surface area contributed by atoms with Gasteiger partial charge in [0.2, 0.25) is 0 Å². The molecule has 0 spiro atoms. The summed E-state index contributed by atoms with van der Waals surface area (Å²) >= 11 is 0. The van der Waals surface area contributed by atoms with E-state index in [1.165, 1.54) is 5.56 Å². The number of nitrogens with zero attached hydrogens (tertiary/aromatic N) is 1. The van der Waals surface area contributed by atoms with E-state index in [-0.39, 0.29) is 5.92 Å². The maximum Gasteiger partial charge on any atom is 0.150 e. The van der Waals surface area contributed by atoms with E-state index in [2.05, 4.69) is 16.4 Å². The molecule has 0 bridgehead atoms. The van der Waals surface area contributed by atoms with Crippen LogP contribution < -0.4 is 5.32 Å². The molecule has 0 radical (unpaired) electrons. The van der Waals surface area contributed by atoms with Gasteiger partial charge in [0.05, 0.1) is 23.2 Å². The molecule has 1 aromatic heterocycles. The van der Waals surface area contributed by atoms with Gasteiger partial charge in [-0.3, -0.25) is 4.98 Å². The predicted octanol–water partition coefficient (Wildman–Crippen LogP) is 1.09. The van der Waals surface area contributed by atoms with Crippen molar-refractivity contribution in [2.45, 2.75) is 25.3 Å². The summed E-state index contributed by atoms with van der Waals surface area (Å²) in [7, 11) is -2.76. The topological polar surface area (TPSA) is 59.1 Å². The maximum atomic E-state index is 11.4. The normalized spacial score (nSPS) is 29.3. The second-order valence-electron chi connectivity index (χ2n) is 5.32. The number of fused-ring (bicyclic) bond motifs is 1. The van der Waals surface area contributed by atoms with Crippen molar-refractivity contribution in [2.75, 3.05) is 18.1 Å². The number of aromatic nitrogens is 1. The zero-order valence-electron chi connectivity index (χ0n) is 10.3. The largest absolute Gasteiger partial charge is 0.308 e. The second-order valence-corrected chi connectivity index (χ2v) is 7.55. The predicted molar refractivity (Wildman–Crippen MR) is 70.1 cm³/mol. The molecule has 1 aliphatic carbocycles. The Morgan fingerprint density at radius 3 is 3.06 bits per heavy atom. The van der Waals surface area contributed by atoms with E-state index in [4.69, 9.17) is 0 Å². The summed E-state index contributed by atoms with van der Waals surface area (Å²) in [5.41, 5.74) is 2.48. The van der Waals surface area contributed by atoms with Gasteiger partial charge in [-0.2, -0.15) is 0 Å². The van der Waals surface area contributed by atoms with E-state index in [0.29, 0.717) is 17.5 Å². The lowest BCUT2D eigenvalue weighted by Crippen LogP contribution is -2.27. The molecule has 2 unspecified atom stereocenters. The van der Waals surface area contributed by atoms with E-state index >= 15 is 0 Å². The molecule has 0 amide bonds. The molecule has 5 heteroatoms. The standard InChI is InChI=1S/C13H18N2O2S/c16-18(17)7-5-10(9-18)8-15-12-4-3-11-2-1-6-14-13(11)12/h1-2,6,10,12,15H,3-5,7-9H2. The second kappa shape index (κ2) is 4.63. The van der Waals surface area contributed by atoms with Crippen LogP contribution in [0.3, 0.4) is 0 Å². The summed E-state index contributed by atoms with van der Waals surface area (Å²) in [5, 5.41) is 3.49. The van der Waals surface area contributed by atoms with Gasteiger partial charge in [0.15, 0.2) is 9.84 Å². The van der Waals surface area contributed by atoms with Crippen molar-refractivity contribution < 1.29 is 8.42 Å². The molecule has 1 aliphatic heterocycles. The molecule has 2 aliphatic rings. The third-order valence-electron chi connectivity index (χ3n) is 3.94. The molecule has 18 heavy (non-hydrogen) atoms. The summed E-state index contributed by atoms with van der Waals surface area (Å²) in [4.78, 5) is 4.43. The summed E-state index contributed by atoms with van der Waals surface area (Å²) < 4.78 is 22.8. The van der Waals surface area contributed by atoms with Gasteiger partial charge in [0.25, 0.3) is 0 Å². The quantitative estimate of drug-likeness (QED) is 0.890. The number of pyridine rings is 1. The highest BCUT2D eigenvalue weighted by molar-refractivity contribution is 7.91. The SMILES string of the molecule is O=S1(=O)CCC(CNC2CCc3cccnc32)C1. The van der Waals surface area contributed by atoms with Gasteiger partial charge in [-0.05, 0) is 43.4 Å². The van der Waals surface area contributed by atoms with Crippen molar-refractivity contribution >= 4 is 9.84 Å². The lowest BCUT2D eigenvalue weighted by atomic mass is 10.1. The van der Waals surface area contributed by atoms with Crippen LogP contribution >= 0.6 is 0 Å². The first-order chi connectivity index (χ1) is 8.64. The monoisotopic (exact) mass is 266 g/mol. The third-order valence-corrected chi connectivity index (χ3v) is 5.78. The smallest absolute Gasteiger partial charge is 0.150 e. The zero-order valence-corrected chi connectivity index (χ0v) is 11.1. The first-order valence-electron chi connectivity index (χ1n) is 6.52. The first-order valence-corrected chi connectivity index (χ1v) is 8.34. The van der Waals surface area contributed by atoms with Crippen molar-refractivity contribution in [2.24, 2.45) is 5.92 Å². The first kappa shape index (κ1) is 12.1. The molecular weight excluding hydrogens is 248 g/mol. The third kappa shape index (κ3) is 2.42. The molecule has 2 heterocycles. The molecule has 2 atom stereocenters. The Kier molecular flexibility index (Phi) is 3.11. The van der Waals surface area contributed by atoms with Crippen LogP contribution in [0.5, 0.6) is 0 Å². The number of hydrogen-bond acceptors (Lipinski definition) is 4. The summed E-state index contributed by atoms with van der Waals surface area (Å²) in [6.07, 6.45) is 4.78. The van der Waals surface area contributed by atoms with Crippen molar-refractivity contribution in [3.05, 3.63) is 29.6 Å². The van der Waals surface area contributed by atoms with Crippen LogP contribution in [-0.2, 0) is 16.3 Å². The maximum absolute atomic E-state index is 11.4. The Morgan fingerprint density at radius 1 is 1.39 bits per heavy atom. The molecule has 4 nitrogen and oxygen atoms in total. The molecule has 1 N–H and O–H groups in total. The van der Waals surface area contributed by atoms with E-state index in [1.807, 2.05) is 12.3 Å². The van der Waals surface area contributed by atoms with Crippen molar-refractivity contribution in [1.82, 2.24) is 10.3 Å². The fourth-order valence-electron chi connectivity index (χ4n) is 2.95. The number of sulfone groups is 1. The molecule has 3 rings (SSSR count).